The predicted molar refractivity (Wildman–Crippen MR) is 109 cm³/mol. The first kappa shape index (κ1) is 18.0. The molecular weight excluding hydrogens is 483 g/mol. The minimum Gasteiger partial charge on any atom is -0.867 e. The van der Waals surface area contributed by atoms with Crippen LogP contribution in [-0.2, 0) is 12.8 Å². The molecule has 10 heteroatoms. The molecule has 0 bridgehead atoms. The highest BCUT2D eigenvalue weighted by atomic mass is 127. The van der Waals surface area contributed by atoms with Gasteiger partial charge in [0.1, 0.15) is 11.2 Å². The summed E-state index contributed by atoms with van der Waals surface area (Å²) in [7, 11) is 0. The Kier molecular flexibility index (Phi) is 4.68. The Morgan fingerprint density at radius 1 is 1.33 bits per heavy atom. The standard InChI is InChI=1S/C17H13IN4O4S/c18-11-5-9(6-12(15(11)23)22(25)26)7-20-21-8-19-16-14(17(21)24)10-3-1-2-4-13(10)27-16/h5-8,23H,1-4H2/p-1/b20-7-. The topological polar surface area (TPSA) is 113 Å². The summed E-state index contributed by atoms with van der Waals surface area (Å²) in [5.41, 5.74) is 0.672. The highest BCUT2D eigenvalue weighted by Gasteiger charge is 2.20. The van der Waals surface area contributed by atoms with Crippen LogP contribution in [0, 0.1) is 13.7 Å². The Hall–Kier alpha value is -2.34. The Labute approximate surface area is 170 Å². The molecule has 0 atom stereocenters. The fraction of sp³-hybridized carbons (Fsp3) is 0.235. The number of nitrogens with zero attached hydrogens (tertiary/aromatic N) is 4. The molecule has 2 heterocycles. The lowest BCUT2D eigenvalue weighted by Crippen LogP contribution is -2.18. The maximum absolute atomic E-state index is 12.8. The van der Waals surface area contributed by atoms with E-state index in [0.29, 0.717) is 10.9 Å². The Morgan fingerprint density at radius 3 is 2.89 bits per heavy atom. The number of hydrogen-bond donors (Lipinski definition) is 0. The number of nitro benzene ring substituents is 1. The van der Waals surface area contributed by atoms with Crippen LogP contribution < -0.4 is 10.7 Å². The zero-order chi connectivity index (χ0) is 19.1. The predicted octanol–water partition coefficient (Wildman–Crippen LogP) is 2.81. The Bertz CT molecular complexity index is 1170. The molecule has 0 amide bonds. The van der Waals surface area contributed by atoms with Gasteiger partial charge in [-0.25, -0.2) is 4.98 Å². The van der Waals surface area contributed by atoms with Crippen LogP contribution in [0.5, 0.6) is 5.75 Å². The van der Waals surface area contributed by atoms with Crippen LogP contribution in [0.3, 0.4) is 0 Å². The van der Waals surface area contributed by atoms with Gasteiger partial charge in [0.2, 0.25) is 0 Å². The molecule has 0 spiro atoms. The summed E-state index contributed by atoms with van der Waals surface area (Å²) in [5, 5.41) is 27.5. The fourth-order valence-electron chi connectivity index (χ4n) is 3.16. The summed E-state index contributed by atoms with van der Waals surface area (Å²) in [6.07, 6.45) is 6.70. The summed E-state index contributed by atoms with van der Waals surface area (Å²) in [6, 6.07) is 2.64. The first-order valence-electron chi connectivity index (χ1n) is 8.17. The molecule has 0 saturated heterocycles. The number of fused-ring (bicyclic) bond motifs is 3. The number of benzene rings is 1. The zero-order valence-corrected chi connectivity index (χ0v) is 16.8. The minimum absolute atomic E-state index is 0.219. The monoisotopic (exact) mass is 495 g/mol. The summed E-state index contributed by atoms with van der Waals surface area (Å²) < 4.78 is 1.35. The minimum atomic E-state index is -0.723. The number of nitro groups is 1. The number of aryl methyl sites for hydroxylation is 2. The number of hydrogen-bond acceptors (Lipinski definition) is 7. The van der Waals surface area contributed by atoms with Crippen molar-refractivity contribution in [1.82, 2.24) is 9.66 Å². The van der Waals surface area contributed by atoms with E-state index in [1.54, 1.807) is 33.9 Å². The third-order valence-electron chi connectivity index (χ3n) is 4.43. The molecule has 3 aromatic rings. The highest BCUT2D eigenvalue weighted by molar-refractivity contribution is 14.1. The van der Waals surface area contributed by atoms with Crippen molar-refractivity contribution >= 4 is 56.0 Å². The Morgan fingerprint density at radius 2 is 2.11 bits per heavy atom. The van der Waals surface area contributed by atoms with E-state index in [2.05, 4.69) is 10.1 Å². The van der Waals surface area contributed by atoms with Gasteiger partial charge in [-0.3, -0.25) is 14.9 Å². The van der Waals surface area contributed by atoms with Crippen molar-refractivity contribution in [2.75, 3.05) is 0 Å². The van der Waals surface area contributed by atoms with E-state index in [9.17, 15) is 20.0 Å². The molecule has 0 radical (unpaired) electrons. The second-order valence-electron chi connectivity index (χ2n) is 6.14. The summed E-state index contributed by atoms with van der Waals surface area (Å²) in [4.78, 5) is 29.4. The molecule has 1 aromatic carbocycles. The zero-order valence-electron chi connectivity index (χ0n) is 13.8. The second-order valence-corrected chi connectivity index (χ2v) is 8.38. The van der Waals surface area contributed by atoms with Crippen molar-refractivity contribution in [3.05, 3.63) is 58.5 Å². The lowest BCUT2D eigenvalue weighted by atomic mass is 9.97. The van der Waals surface area contributed by atoms with Crippen LogP contribution in [0.1, 0.15) is 28.8 Å². The van der Waals surface area contributed by atoms with Crippen molar-refractivity contribution in [1.29, 1.82) is 0 Å². The van der Waals surface area contributed by atoms with Gasteiger partial charge in [-0.2, -0.15) is 9.78 Å². The van der Waals surface area contributed by atoms with Gasteiger partial charge < -0.3 is 5.11 Å². The van der Waals surface area contributed by atoms with Crippen LogP contribution in [0.15, 0.2) is 28.4 Å². The maximum Gasteiger partial charge on any atom is 0.282 e. The summed E-state index contributed by atoms with van der Waals surface area (Å²) in [5.74, 6) is -0.636. The van der Waals surface area contributed by atoms with E-state index in [4.69, 9.17) is 0 Å². The molecule has 0 fully saturated rings. The molecular formula is C17H12IN4O4S-. The van der Waals surface area contributed by atoms with Crippen molar-refractivity contribution in [2.24, 2.45) is 5.10 Å². The van der Waals surface area contributed by atoms with Crippen LogP contribution in [-0.4, -0.2) is 20.8 Å². The number of rotatable bonds is 3. The molecule has 4 rings (SSSR count). The normalized spacial score (nSPS) is 14.0. The molecule has 8 nitrogen and oxygen atoms in total. The molecule has 1 aliphatic carbocycles. The van der Waals surface area contributed by atoms with E-state index in [1.165, 1.54) is 23.5 Å². The van der Waals surface area contributed by atoms with Gasteiger partial charge in [0.05, 0.1) is 16.5 Å². The van der Waals surface area contributed by atoms with E-state index in [-0.39, 0.29) is 9.13 Å². The molecule has 2 aromatic heterocycles. The van der Waals surface area contributed by atoms with Gasteiger partial charge in [-0.1, -0.05) is 0 Å². The Balaban J connectivity index is 1.77. The van der Waals surface area contributed by atoms with E-state index in [1.807, 2.05) is 0 Å². The molecule has 138 valence electrons. The van der Waals surface area contributed by atoms with E-state index in [0.717, 1.165) is 46.8 Å². The first-order valence-corrected chi connectivity index (χ1v) is 10.1. The molecule has 0 unspecified atom stereocenters. The molecule has 0 saturated carbocycles. The van der Waals surface area contributed by atoms with Crippen molar-refractivity contribution < 1.29 is 10.0 Å². The van der Waals surface area contributed by atoms with E-state index >= 15 is 0 Å². The number of halogens is 1. The van der Waals surface area contributed by atoms with Gasteiger partial charge in [0.15, 0.2) is 0 Å². The third-order valence-corrected chi connectivity index (χ3v) is 6.43. The average molecular weight is 495 g/mol. The quantitative estimate of drug-likeness (QED) is 0.240. The lowest BCUT2D eigenvalue weighted by molar-refractivity contribution is -0.398. The lowest BCUT2D eigenvalue weighted by Gasteiger charge is -2.10. The first-order chi connectivity index (χ1) is 13.0. The van der Waals surface area contributed by atoms with Gasteiger partial charge in [-0.15, -0.1) is 11.3 Å². The summed E-state index contributed by atoms with van der Waals surface area (Å²) in [6.45, 7) is 0. The van der Waals surface area contributed by atoms with Crippen LogP contribution >= 0.6 is 33.9 Å². The van der Waals surface area contributed by atoms with Crippen LogP contribution in [0.25, 0.3) is 10.2 Å². The fourth-order valence-corrected chi connectivity index (χ4v) is 5.01. The van der Waals surface area contributed by atoms with Gasteiger partial charge in [0.25, 0.3) is 11.2 Å². The van der Waals surface area contributed by atoms with Crippen molar-refractivity contribution in [2.45, 2.75) is 25.7 Å². The SMILES string of the molecule is O=c1c2c3c(sc2ncn1/N=C\c1cc(I)c([O-])c([N+](=O)[O-])c1)CCCC3. The van der Waals surface area contributed by atoms with Gasteiger partial charge in [0, 0.05) is 20.1 Å². The van der Waals surface area contributed by atoms with Crippen molar-refractivity contribution in [3.63, 3.8) is 0 Å². The molecule has 0 aliphatic heterocycles. The smallest absolute Gasteiger partial charge is 0.282 e. The summed E-state index contributed by atoms with van der Waals surface area (Å²) >= 11 is 3.30. The maximum atomic E-state index is 12.8. The number of aromatic nitrogens is 2. The van der Waals surface area contributed by atoms with Crippen molar-refractivity contribution in [3.8, 4) is 5.75 Å². The average Bonchev–Trinajstić information content (AvgIpc) is 3.02. The van der Waals surface area contributed by atoms with Gasteiger partial charge >= 0.3 is 0 Å². The van der Waals surface area contributed by atoms with E-state index < -0.39 is 16.4 Å². The number of thiophene rings is 1. The molecule has 27 heavy (non-hydrogen) atoms. The third kappa shape index (κ3) is 3.23. The van der Waals surface area contributed by atoms with Crippen LogP contribution in [0.2, 0.25) is 0 Å². The largest absolute Gasteiger partial charge is 0.867 e. The molecule has 0 N–H and O–H groups in total. The second kappa shape index (κ2) is 7.00. The van der Waals surface area contributed by atoms with Crippen LogP contribution in [0.4, 0.5) is 5.69 Å². The molecule has 1 aliphatic rings. The van der Waals surface area contributed by atoms with Gasteiger partial charge in [-0.05, 0) is 65.7 Å². The highest BCUT2D eigenvalue weighted by Crippen LogP contribution is 2.33.